The number of nitrogens with one attached hydrogen (secondary N) is 2. The molecule has 3 rings (SSSR count). The van der Waals surface area contributed by atoms with Crippen molar-refractivity contribution in [3.8, 4) is 0 Å². The third-order valence-corrected chi connectivity index (χ3v) is 6.96. The third kappa shape index (κ3) is 7.69. The van der Waals surface area contributed by atoms with Crippen LogP contribution in [0.1, 0.15) is 43.7 Å². The summed E-state index contributed by atoms with van der Waals surface area (Å²) in [6, 6.07) is 14.0. The van der Waals surface area contributed by atoms with E-state index in [0.29, 0.717) is 24.8 Å². The van der Waals surface area contributed by atoms with E-state index in [1.807, 2.05) is 24.3 Å². The summed E-state index contributed by atoms with van der Waals surface area (Å²) in [7, 11) is -2.07. The molecule has 1 aliphatic rings. The van der Waals surface area contributed by atoms with Crippen LogP contribution in [0.4, 0.5) is 18.9 Å². The molecule has 1 aliphatic carbocycles. The zero-order chi connectivity index (χ0) is 27.1. The van der Waals surface area contributed by atoms with E-state index in [4.69, 9.17) is 14.6 Å². The number of aliphatic carboxylic acids is 1. The second kappa shape index (κ2) is 11.7. The molecule has 0 bridgehead atoms. The monoisotopic (exact) mass is 530 g/mol. The first kappa shape index (κ1) is 29.1. The molecule has 1 amide bonds. The fraction of sp³-hybridized carbons (Fsp3) is 0.417. The number of hydrogen-bond acceptors (Lipinski definition) is 5. The average molecular weight is 531 g/mol. The lowest BCUT2D eigenvalue weighted by Gasteiger charge is -2.16. The maximum absolute atomic E-state index is 12.6. The van der Waals surface area contributed by atoms with Crippen molar-refractivity contribution in [2.45, 2.75) is 49.1 Å². The SMILES string of the molecule is COCCNC(=O)C1(c2ccc(NS(=O)(=O)c3ccc(C(C)C)cc3)cc2)CC1.O=C(O)C(F)(F)F. The lowest BCUT2D eigenvalue weighted by Crippen LogP contribution is -2.36. The molecule has 1 fully saturated rings. The van der Waals surface area contributed by atoms with Crippen molar-refractivity contribution in [3.05, 3.63) is 59.7 Å². The van der Waals surface area contributed by atoms with Gasteiger partial charge < -0.3 is 15.2 Å². The highest BCUT2D eigenvalue weighted by atomic mass is 32.2. The van der Waals surface area contributed by atoms with Crippen LogP contribution in [0, 0.1) is 0 Å². The topological polar surface area (TPSA) is 122 Å². The fourth-order valence-electron chi connectivity index (χ4n) is 3.31. The molecule has 0 unspecified atom stereocenters. The molecule has 0 aromatic heterocycles. The molecule has 8 nitrogen and oxygen atoms in total. The highest BCUT2D eigenvalue weighted by Crippen LogP contribution is 2.48. The second-order valence-corrected chi connectivity index (χ2v) is 10.2. The normalized spacial score (nSPS) is 14.4. The van der Waals surface area contributed by atoms with E-state index < -0.39 is 27.6 Å². The number of carbonyl (C=O) groups excluding carboxylic acids is 1. The lowest BCUT2D eigenvalue weighted by molar-refractivity contribution is -0.192. The number of sulfonamides is 1. The summed E-state index contributed by atoms with van der Waals surface area (Å²) in [5.74, 6) is -2.42. The Hall–Kier alpha value is -3.12. The number of halogens is 3. The van der Waals surface area contributed by atoms with Gasteiger partial charge in [-0.2, -0.15) is 13.2 Å². The zero-order valence-electron chi connectivity index (χ0n) is 20.1. The summed E-state index contributed by atoms with van der Waals surface area (Å²) in [6.45, 7) is 5.08. The molecule has 3 N–H and O–H groups in total. The molecule has 2 aromatic rings. The Morgan fingerprint density at radius 2 is 1.58 bits per heavy atom. The molecule has 36 heavy (non-hydrogen) atoms. The van der Waals surface area contributed by atoms with Crippen LogP contribution < -0.4 is 10.0 Å². The van der Waals surface area contributed by atoms with Gasteiger partial charge in [0, 0.05) is 19.3 Å². The van der Waals surface area contributed by atoms with E-state index >= 15 is 0 Å². The van der Waals surface area contributed by atoms with Gasteiger partial charge in [0.05, 0.1) is 16.9 Å². The van der Waals surface area contributed by atoms with Gasteiger partial charge in [-0.3, -0.25) is 9.52 Å². The van der Waals surface area contributed by atoms with Crippen LogP contribution in [0.3, 0.4) is 0 Å². The van der Waals surface area contributed by atoms with Gasteiger partial charge in [-0.15, -0.1) is 0 Å². The van der Waals surface area contributed by atoms with Crippen molar-refractivity contribution in [1.29, 1.82) is 0 Å². The Morgan fingerprint density at radius 1 is 1.06 bits per heavy atom. The Morgan fingerprint density at radius 3 is 2.00 bits per heavy atom. The number of carboxylic acid groups (broad SMARTS) is 1. The molecule has 0 radical (unpaired) electrons. The van der Waals surface area contributed by atoms with E-state index in [0.717, 1.165) is 24.0 Å². The van der Waals surface area contributed by atoms with E-state index in [-0.39, 0.29) is 10.8 Å². The number of hydrogen-bond donors (Lipinski definition) is 3. The molecule has 2 aromatic carbocycles. The van der Waals surface area contributed by atoms with Gasteiger partial charge in [0.25, 0.3) is 10.0 Å². The number of alkyl halides is 3. The molecule has 0 aliphatic heterocycles. The van der Waals surface area contributed by atoms with Crippen molar-refractivity contribution in [2.75, 3.05) is 25.0 Å². The summed E-state index contributed by atoms with van der Waals surface area (Å²) < 4.78 is 64.6. The maximum atomic E-state index is 12.6. The van der Waals surface area contributed by atoms with Gasteiger partial charge in [0.1, 0.15) is 0 Å². The van der Waals surface area contributed by atoms with E-state index in [2.05, 4.69) is 23.9 Å². The molecular formula is C24H29F3N2O6S. The lowest BCUT2D eigenvalue weighted by atomic mass is 9.95. The Balaban J connectivity index is 0.000000572. The summed E-state index contributed by atoms with van der Waals surface area (Å²) >= 11 is 0. The summed E-state index contributed by atoms with van der Waals surface area (Å²) in [5.41, 5.74) is 1.96. The molecule has 12 heteroatoms. The highest BCUT2D eigenvalue weighted by Gasteiger charge is 2.51. The van der Waals surface area contributed by atoms with Gasteiger partial charge in [-0.25, -0.2) is 13.2 Å². The summed E-state index contributed by atoms with van der Waals surface area (Å²) in [4.78, 5) is 21.6. The molecule has 0 atom stereocenters. The largest absolute Gasteiger partial charge is 0.490 e. The first-order valence-electron chi connectivity index (χ1n) is 11.0. The van der Waals surface area contributed by atoms with Gasteiger partial charge >= 0.3 is 12.1 Å². The third-order valence-electron chi connectivity index (χ3n) is 5.57. The average Bonchev–Trinajstić information content (AvgIpc) is 3.61. The molecule has 0 heterocycles. The summed E-state index contributed by atoms with van der Waals surface area (Å²) in [6.07, 6.45) is -3.50. The van der Waals surface area contributed by atoms with E-state index in [1.54, 1.807) is 31.4 Å². The number of anilines is 1. The minimum atomic E-state index is -5.08. The van der Waals surface area contributed by atoms with Gasteiger partial charge in [-0.05, 0) is 54.2 Å². The van der Waals surface area contributed by atoms with Crippen LogP contribution >= 0.6 is 0 Å². The number of carboxylic acids is 1. The van der Waals surface area contributed by atoms with E-state index in [9.17, 15) is 26.4 Å². The number of ether oxygens (including phenoxy) is 1. The summed E-state index contributed by atoms with van der Waals surface area (Å²) in [5, 5.41) is 10.0. The van der Waals surface area contributed by atoms with Crippen LogP contribution in [0.2, 0.25) is 0 Å². The van der Waals surface area contributed by atoms with Crippen molar-refractivity contribution in [1.82, 2.24) is 5.32 Å². The minimum absolute atomic E-state index is 0.00637. The van der Waals surface area contributed by atoms with Crippen LogP contribution in [0.5, 0.6) is 0 Å². The predicted molar refractivity (Wildman–Crippen MR) is 127 cm³/mol. The number of carbonyl (C=O) groups is 2. The number of methoxy groups -OCH3 is 1. The second-order valence-electron chi connectivity index (χ2n) is 8.54. The zero-order valence-corrected chi connectivity index (χ0v) is 20.9. The van der Waals surface area contributed by atoms with Gasteiger partial charge in [0.15, 0.2) is 0 Å². The Labute approximate surface area is 207 Å². The molecule has 198 valence electrons. The highest BCUT2D eigenvalue weighted by molar-refractivity contribution is 7.92. The van der Waals surface area contributed by atoms with Crippen molar-refractivity contribution < 1.29 is 41.0 Å². The van der Waals surface area contributed by atoms with Gasteiger partial charge in [-0.1, -0.05) is 38.1 Å². The first-order chi connectivity index (χ1) is 16.7. The standard InChI is InChI=1S/C22H28N2O4S.C2HF3O2/c1-16(2)17-4-10-20(11-5-17)29(26,27)24-19-8-6-18(7-9-19)22(12-13-22)21(25)23-14-15-28-3;3-2(4,5)1(6)7/h4-11,16,24H,12-15H2,1-3H3,(H,23,25);(H,6,7). The van der Waals surface area contributed by atoms with Gasteiger partial charge in [0.2, 0.25) is 5.91 Å². The predicted octanol–water partition coefficient (Wildman–Crippen LogP) is 4.04. The van der Waals surface area contributed by atoms with Crippen LogP contribution in [-0.4, -0.2) is 51.8 Å². The van der Waals surface area contributed by atoms with Crippen LogP contribution in [0.25, 0.3) is 0 Å². The van der Waals surface area contributed by atoms with Crippen molar-refractivity contribution in [3.63, 3.8) is 0 Å². The molecule has 1 saturated carbocycles. The molecular weight excluding hydrogens is 501 g/mol. The van der Waals surface area contributed by atoms with Crippen molar-refractivity contribution >= 4 is 27.6 Å². The first-order valence-corrected chi connectivity index (χ1v) is 12.5. The number of rotatable bonds is 9. The van der Waals surface area contributed by atoms with E-state index in [1.165, 1.54) is 0 Å². The van der Waals surface area contributed by atoms with Crippen molar-refractivity contribution in [2.24, 2.45) is 0 Å². The quantitative estimate of drug-likeness (QED) is 0.421. The smallest absolute Gasteiger partial charge is 0.475 e. The maximum Gasteiger partial charge on any atom is 0.490 e. The Bertz CT molecular complexity index is 1140. The minimum Gasteiger partial charge on any atom is -0.475 e. The van der Waals surface area contributed by atoms with Crippen LogP contribution in [0.15, 0.2) is 53.4 Å². The number of benzene rings is 2. The molecule has 0 saturated heterocycles. The fourth-order valence-corrected chi connectivity index (χ4v) is 4.37. The van der Waals surface area contributed by atoms with Crippen LogP contribution in [-0.2, 0) is 29.8 Å². The number of amides is 1. The Kier molecular flexibility index (Phi) is 9.50. The molecule has 0 spiro atoms.